The lowest BCUT2D eigenvalue weighted by Gasteiger charge is -2.37. The van der Waals surface area contributed by atoms with Crippen LogP contribution in [0.3, 0.4) is 0 Å². The van der Waals surface area contributed by atoms with E-state index in [0.717, 1.165) is 32.5 Å². The summed E-state index contributed by atoms with van der Waals surface area (Å²) >= 11 is 13.4. The molecule has 0 radical (unpaired) electrons. The molecular formula is C16H14Br2ClN. The van der Waals surface area contributed by atoms with Crippen molar-refractivity contribution in [3.05, 3.63) is 62.0 Å². The van der Waals surface area contributed by atoms with E-state index in [2.05, 4.69) is 61.4 Å². The Balaban J connectivity index is 1.66. The number of hydrogen-bond acceptors (Lipinski definition) is 1. The molecule has 0 spiro atoms. The molecule has 1 aliphatic carbocycles. The van der Waals surface area contributed by atoms with Crippen LogP contribution in [-0.2, 0) is 0 Å². The molecular weight excluding hydrogens is 401 g/mol. The summed E-state index contributed by atoms with van der Waals surface area (Å²) < 4.78 is 2.18. The molecule has 0 heterocycles. The average molecular weight is 416 g/mol. The van der Waals surface area contributed by atoms with Crippen LogP contribution in [0.25, 0.3) is 0 Å². The first-order valence-electron chi connectivity index (χ1n) is 6.60. The molecule has 1 fully saturated rings. The summed E-state index contributed by atoms with van der Waals surface area (Å²) in [7, 11) is 0. The number of benzene rings is 2. The molecule has 1 N–H and O–H groups in total. The van der Waals surface area contributed by atoms with Gasteiger partial charge in [-0.1, -0.05) is 35.9 Å². The molecule has 3 rings (SSSR count). The first-order valence-corrected chi connectivity index (χ1v) is 8.56. The van der Waals surface area contributed by atoms with Crippen LogP contribution in [0, 0.1) is 0 Å². The first kappa shape index (κ1) is 14.4. The summed E-state index contributed by atoms with van der Waals surface area (Å²) in [5.41, 5.74) is 2.41. The first-order chi connectivity index (χ1) is 9.65. The number of anilines is 1. The standard InChI is InChI=1S/C16H14Br2ClN/c17-13-5-3-6-14(18)16(13)20-11-8-10(9-11)12-4-1-2-7-15(12)19/h1-7,10-11,20H,8-9H2. The molecule has 1 saturated carbocycles. The van der Waals surface area contributed by atoms with Gasteiger partial charge >= 0.3 is 0 Å². The largest absolute Gasteiger partial charge is 0.380 e. The smallest absolute Gasteiger partial charge is 0.0631 e. The molecule has 20 heavy (non-hydrogen) atoms. The van der Waals surface area contributed by atoms with Gasteiger partial charge in [-0.3, -0.25) is 0 Å². The van der Waals surface area contributed by atoms with Crippen LogP contribution in [0.1, 0.15) is 24.3 Å². The van der Waals surface area contributed by atoms with E-state index in [1.165, 1.54) is 5.56 Å². The van der Waals surface area contributed by atoms with E-state index in [1.54, 1.807) is 0 Å². The maximum absolute atomic E-state index is 6.25. The Kier molecular flexibility index (Phi) is 4.39. The van der Waals surface area contributed by atoms with Crippen molar-refractivity contribution in [3.8, 4) is 0 Å². The van der Waals surface area contributed by atoms with Crippen LogP contribution in [0.15, 0.2) is 51.4 Å². The Bertz CT molecular complexity index is 603. The highest BCUT2D eigenvalue weighted by Crippen LogP contribution is 2.42. The van der Waals surface area contributed by atoms with Gasteiger partial charge < -0.3 is 5.32 Å². The summed E-state index contributed by atoms with van der Waals surface area (Å²) in [6.07, 6.45) is 2.25. The highest BCUT2D eigenvalue weighted by atomic mass is 79.9. The molecule has 4 heteroatoms. The Morgan fingerprint density at radius 2 is 1.60 bits per heavy atom. The predicted molar refractivity (Wildman–Crippen MR) is 92.7 cm³/mol. The SMILES string of the molecule is Clc1ccccc1C1CC(Nc2c(Br)cccc2Br)C1. The highest BCUT2D eigenvalue weighted by molar-refractivity contribution is 9.11. The summed E-state index contributed by atoms with van der Waals surface area (Å²) in [5.74, 6) is 0.572. The molecule has 2 aromatic carbocycles. The second-order valence-corrected chi connectivity index (χ2v) is 7.24. The Hall–Kier alpha value is -0.510. The zero-order valence-corrected chi connectivity index (χ0v) is 14.7. The van der Waals surface area contributed by atoms with Gasteiger partial charge in [-0.25, -0.2) is 0 Å². The maximum Gasteiger partial charge on any atom is 0.0631 e. The quantitative estimate of drug-likeness (QED) is 0.627. The minimum Gasteiger partial charge on any atom is -0.380 e. The van der Waals surface area contributed by atoms with E-state index in [1.807, 2.05) is 18.2 Å². The summed E-state index contributed by atoms with van der Waals surface area (Å²) in [5, 5.41) is 4.48. The van der Waals surface area contributed by atoms with Crippen molar-refractivity contribution in [2.24, 2.45) is 0 Å². The third-order valence-electron chi connectivity index (χ3n) is 3.79. The molecule has 0 atom stereocenters. The molecule has 2 aromatic rings. The van der Waals surface area contributed by atoms with Gasteiger partial charge in [-0.05, 0) is 74.4 Å². The maximum atomic E-state index is 6.25. The van der Waals surface area contributed by atoms with E-state index in [9.17, 15) is 0 Å². The normalized spacial score (nSPS) is 21.4. The van der Waals surface area contributed by atoms with Crippen molar-refractivity contribution >= 4 is 49.1 Å². The van der Waals surface area contributed by atoms with Crippen LogP contribution in [0.5, 0.6) is 0 Å². The van der Waals surface area contributed by atoms with Crippen molar-refractivity contribution in [2.45, 2.75) is 24.8 Å². The van der Waals surface area contributed by atoms with Crippen molar-refractivity contribution in [2.75, 3.05) is 5.32 Å². The molecule has 1 nitrogen and oxygen atoms in total. The van der Waals surface area contributed by atoms with E-state index >= 15 is 0 Å². The van der Waals surface area contributed by atoms with Crippen LogP contribution in [-0.4, -0.2) is 6.04 Å². The summed E-state index contributed by atoms with van der Waals surface area (Å²) in [6.45, 7) is 0. The molecule has 0 amide bonds. The number of para-hydroxylation sites is 1. The van der Waals surface area contributed by atoms with E-state index in [0.29, 0.717) is 12.0 Å². The lowest BCUT2D eigenvalue weighted by atomic mass is 9.76. The zero-order valence-electron chi connectivity index (χ0n) is 10.7. The Labute approximate surface area is 141 Å². The second-order valence-electron chi connectivity index (χ2n) is 5.13. The number of hydrogen-bond donors (Lipinski definition) is 1. The summed E-state index contributed by atoms with van der Waals surface area (Å²) in [6, 6.07) is 14.8. The lowest BCUT2D eigenvalue weighted by molar-refractivity contribution is 0.374. The number of halogens is 3. The molecule has 0 aliphatic heterocycles. The number of nitrogens with one attached hydrogen (secondary N) is 1. The van der Waals surface area contributed by atoms with E-state index in [-0.39, 0.29) is 0 Å². The minimum absolute atomic E-state index is 0.506. The minimum atomic E-state index is 0.506. The molecule has 1 aliphatic rings. The molecule has 0 unspecified atom stereocenters. The monoisotopic (exact) mass is 413 g/mol. The van der Waals surface area contributed by atoms with Crippen molar-refractivity contribution in [3.63, 3.8) is 0 Å². The predicted octanol–water partition coefficient (Wildman–Crippen LogP) is 6.22. The van der Waals surface area contributed by atoms with Gasteiger partial charge in [-0.15, -0.1) is 0 Å². The molecule has 104 valence electrons. The van der Waals surface area contributed by atoms with Gasteiger partial charge in [-0.2, -0.15) is 0 Å². The van der Waals surface area contributed by atoms with E-state index in [4.69, 9.17) is 11.6 Å². The number of rotatable bonds is 3. The van der Waals surface area contributed by atoms with Gasteiger partial charge in [0.15, 0.2) is 0 Å². The van der Waals surface area contributed by atoms with Crippen LogP contribution in [0.4, 0.5) is 5.69 Å². The van der Waals surface area contributed by atoms with Gasteiger partial charge in [0, 0.05) is 20.0 Å². The highest BCUT2D eigenvalue weighted by Gasteiger charge is 2.31. The lowest BCUT2D eigenvalue weighted by Crippen LogP contribution is -2.34. The average Bonchev–Trinajstić information content (AvgIpc) is 2.37. The van der Waals surface area contributed by atoms with Crippen molar-refractivity contribution < 1.29 is 0 Å². The fraction of sp³-hybridized carbons (Fsp3) is 0.250. The third-order valence-corrected chi connectivity index (χ3v) is 5.46. The fourth-order valence-corrected chi connectivity index (χ4v) is 4.15. The molecule has 0 bridgehead atoms. The second kappa shape index (κ2) is 6.08. The fourth-order valence-electron chi connectivity index (χ4n) is 2.64. The molecule has 0 aromatic heterocycles. The zero-order chi connectivity index (χ0) is 14.1. The van der Waals surface area contributed by atoms with Crippen LogP contribution < -0.4 is 5.32 Å². The molecule has 0 saturated heterocycles. The van der Waals surface area contributed by atoms with E-state index < -0.39 is 0 Å². The third kappa shape index (κ3) is 2.90. The van der Waals surface area contributed by atoms with Crippen molar-refractivity contribution in [1.82, 2.24) is 0 Å². The Morgan fingerprint density at radius 1 is 0.950 bits per heavy atom. The van der Waals surface area contributed by atoms with Crippen molar-refractivity contribution in [1.29, 1.82) is 0 Å². The topological polar surface area (TPSA) is 12.0 Å². The van der Waals surface area contributed by atoms with Gasteiger partial charge in [0.25, 0.3) is 0 Å². The van der Waals surface area contributed by atoms with Crippen LogP contribution >= 0.6 is 43.5 Å². The van der Waals surface area contributed by atoms with Gasteiger partial charge in [0.05, 0.1) is 5.69 Å². The van der Waals surface area contributed by atoms with Gasteiger partial charge in [0.2, 0.25) is 0 Å². The van der Waals surface area contributed by atoms with Crippen LogP contribution in [0.2, 0.25) is 5.02 Å². The Morgan fingerprint density at radius 3 is 2.25 bits per heavy atom. The summed E-state index contributed by atoms with van der Waals surface area (Å²) in [4.78, 5) is 0. The van der Waals surface area contributed by atoms with Gasteiger partial charge in [0.1, 0.15) is 0 Å².